The van der Waals surface area contributed by atoms with Gasteiger partial charge in [-0.25, -0.2) is 0 Å². The molecule has 0 atom stereocenters. The molecule has 1 N–H and O–H groups in total. The van der Waals surface area contributed by atoms with Crippen LogP contribution in [0.1, 0.15) is 13.3 Å². The fraction of sp³-hybridized carbons (Fsp3) is 0.455. The van der Waals surface area contributed by atoms with E-state index in [1.807, 2.05) is 24.3 Å². The Morgan fingerprint density at radius 2 is 2.29 bits per heavy atom. The zero-order valence-corrected chi connectivity index (χ0v) is 9.39. The van der Waals surface area contributed by atoms with Crippen molar-refractivity contribution in [3.63, 3.8) is 0 Å². The van der Waals surface area contributed by atoms with Crippen LogP contribution in [0.3, 0.4) is 0 Å². The van der Waals surface area contributed by atoms with Gasteiger partial charge in [0.25, 0.3) is 0 Å². The second kappa shape index (κ2) is 6.60. The zero-order valence-electron chi connectivity index (χ0n) is 8.49. The van der Waals surface area contributed by atoms with Gasteiger partial charge in [-0.2, -0.15) is 12.6 Å². The Morgan fingerprint density at radius 1 is 1.43 bits per heavy atom. The molecule has 1 rings (SSSR count). The van der Waals surface area contributed by atoms with Crippen LogP contribution < -0.4 is 10.1 Å². The maximum Gasteiger partial charge on any atom is 0.121 e. The molecular formula is C11H17NOS. The quantitative estimate of drug-likeness (QED) is 0.706. The summed E-state index contributed by atoms with van der Waals surface area (Å²) >= 11 is 4.14. The van der Waals surface area contributed by atoms with E-state index in [1.165, 1.54) is 0 Å². The predicted molar refractivity (Wildman–Crippen MR) is 64.6 cm³/mol. The first-order chi connectivity index (χ1) is 6.86. The lowest BCUT2D eigenvalue weighted by Crippen LogP contribution is -2.02. The topological polar surface area (TPSA) is 21.3 Å². The average molecular weight is 211 g/mol. The number of hydrogen-bond donors (Lipinski definition) is 2. The molecule has 0 aliphatic heterocycles. The van der Waals surface area contributed by atoms with Gasteiger partial charge in [-0.3, -0.25) is 0 Å². The highest BCUT2D eigenvalue weighted by Crippen LogP contribution is 2.17. The molecule has 0 spiro atoms. The maximum atomic E-state index is 5.52. The molecule has 0 saturated carbocycles. The van der Waals surface area contributed by atoms with Gasteiger partial charge < -0.3 is 10.1 Å². The van der Waals surface area contributed by atoms with Crippen molar-refractivity contribution in [1.29, 1.82) is 0 Å². The lowest BCUT2D eigenvalue weighted by atomic mass is 10.3. The minimum absolute atomic E-state index is 0.774. The molecule has 0 radical (unpaired) electrons. The number of benzene rings is 1. The number of thiol groups is 1. The average Bonchev–Trinajstić information content (AvgIpc) is 2.24. The zero-order chi connectivity index (χ0) is 10.2. The molecule has 0 bridgehead atoms. The largest absolute Gasteiger partial charge is 0.494 e. The summed E-state index contributed by atoms with van der Waals surface area (Å²) in [6, 6.07) is 8.01. The number of hydrogen-bond acceptors (Lipinski definition) is 3. The molecule has 0 aliphatic rings. The highest BCUT2D eigenvalue weighted by molar-refractivity contribution is 7.80. The van der Waals surface area contributed by atoms with E-state index in [0.29, 0.717) is 0 Å². The Kier molecular flexibility index (Phi) is 5.30. The smallest absolute Gasteiger partial charge is 0.121 e. The molecule has 0 amide bonds. The maximum absolute atomic E-state index is 5.52. The first kappa shape index (κ1) is 11.2. The standard InChI is InChI=1S/C11H17NOS/c1-2-7-13-11-5-3-4-10(9-11)12-6-8-14/h3-5,9,12,14H,2,6-8H2,1H3. The molecule has 1 aromatic rings. The van der Waals surface area contributed by atoms with Crippen LogP contribution in [0.2, 0.25) is 0 Å². The number of rotatable bonds is 6. The van der Waals surface area contributed by atoms with Crippen molar-refractivity contribution in [2.45, 2.75) is 13.3 Å². The third kappa shape index (κ3) is 3.92. The molecule has 0 aromatic heterocycles. The van der Waals surface area contributed by atoms with Gasteiger partial charge >= 0.3 is 0 Å². The Balaban J connectivity index is 2.50. The van der Waals surface area contributed by atoms with Crippen LogP contribution in [0.25, 0.3) is 0 Å². The van der Waals surface area contributed by atoms with Gasteiger partial charge in [-0.1, -0.05) is 13.0 Å². The summed E-state index contributed by atoms with van der Waals surface area (Å²) in [7, 11) is 0. The van der Waals surface area contributed by atoms with E-state index < -0.39 is 0 Å². The minimum atomic E-state index is 0.774. The summed E-state index contributed by atoms with van der Waals surface area (Å²) in [4.78, 5) is 0. The van der Waals surface area contributed by atoms with Crippen LogP contribution in [0.5, 0.6) is 5.75 Å². The summed E-state index contributed by atoms with van der Waals surface area (Å²) in [6.45, 7) is 3.75. The van der Waals surface area contributed by atoms with E-state index in [0.717, 1.165) is 36.8 Å². The van der Waals surface area contributed by atoms with Gasteiger partial charge in [-0.15, -0.1) is 0 Å². The fourth-order valence-corrected chi connectivity index (χ4v) is 1.23. The van der Waals surface area contributed by atoms with Gasteiger partial charge in [0.15, 0.2) is 0 Å². The summed E-state index contributed by atoms with van der Waals surface area (Å²) in [6.07, 6.45) is 1.04. The Bertz CT molecular complexity index is 242. The molecule has 2 nitrogen and oxygen atoms in total. The van der Waals surface area contributed by atoms with Gasteiger partial charge in [0.1, 0.15) is 5.75 Å². The lowest BCUT2D eigenvalue weighted by Gasteiger charge is -2.08. The SMILES string of the molecule is CCCOc1cccc(NCCS)c1. The summed E-state index contributed by atoms with van der Waals surface area (Å²) in [5, 5.41) is 3.25. The molecule has 0 saturated heterocycles. The third-order valence-corrected chi connectivity index (χ3v) is 1.97. The second-order valence-corrected chi connectivity index (χ2v) is 3.47. The van der Waals surface area contributed by atoms with Gasteiger partial charge in [0.2, 0.25) is 0 Å². The van der Waals surface area contributed by atoms with Crippen molar-refractivity contribution >= 4 is 18.3 Å². The number of anilines is 1. The van der Waals surface area contributed by atoms with Gasteiger partial charge in [0, 0.05) is 24.1 Å². The number of ether oxygens (including phenoxy) is 1. The number of nitrogens with one attached hydrogen (secondary N) is 1. The Morgan fingerprint density at radius 3 is 3.00 bits per heavy atom. The van der Waals surface area contributed by atoms with Gasteiger partial charge in [-0.05, 0) is 18.6 Å². The monoisotopic (exact) mass is 211 g/mol. The molecule has 14 heavy (non-hydrogen) atoms. The van der Waals surface area contributed by atoms with Crippen LogP contribution in [0.15, 0.2) is 24.3 Å². The molecule has 0 aliphatic carbocycles. The van der Waals surface area contributed by atoms with E-state index >= 15 is 0 Å². The van der Waals surface area contributed by atoms with Crippen molar-refractivity contribution in [3.8, 4) is 5.75 Å². The van der Waals surface area contributed by atoms with Crippen LogP contribution in [0.4, 0.5) is 5.69 Å². The first-order valence-corrected chi connectivity index (χ1v) is 5.57. The van der Waals surface area contributed by atoms with Gasteiger partial charge in [0.05, 0.1) is 6.61 Å². The van der Waals surface area contributed by atoms with Crippen LogP contribution >= 0.6 is 12.6 Å². The summed E-state index contributed by atoms with van der Waals surface area (Å²) in [5.74, 6) is 1.76. The Hall–Kier alpha value is -0.830. The minimum Gasteiger partial charge on any atom is -0.494 e. The molecule has 3 heteroatoms. The molecule has 78 valence electrons. The van der Waals surface area contributed by atoms with Crippen molar-refractivity contribution in [2.75, 3.05) is 24.2 Å². The van der Waals surface area contributed by atoms with E-state index in [4.69, 9.17) is 4.74 Å². The highest BCUT2D eigenvalue weighted by atomic mass is 32.1. The van der Waals surface area contributed by atoms with Crippen molar-refractivity contribution in [2.24, 2.45) is 0 Å². The highest BCUT2D eigenvalue weighted by Gasteiger charge is 1.94. The van der Waals surface area contributed by atoms with Crippen molar-refractivity contribution < 1.29 is 4.74 Å². The summed E-state index contributed by atoms with van der Waals surface area (Å²) in [5.41, 5.74) is 1.09. The van der Waals surface area contributed by atoms with Crippen molar-refractivity contribution in [3.05, 3.63) is 24.3 Å². The van der Waals surface area contributed by atoms with E-state index in [1.54, 1.807) is 0 Å². The van der Waals surface area contributed by atoms with E-state index in [9.17, 15) is 0 Å². The third-order valence-electron chi connectivity index (χ3n) is 1.75. The molecular weight excluding hydrogens is 194 g/mol. The van der Waals surface area contributed by atoms with E-state index in [-0.39, 0.29) is 0 Å². The van der Waals surface area contributed by atoms with Crippen LogP contribution in [-0.4, -0.2) is 18.9 Å². The Labute approximate surface area is 91.1 Å². The molecule has 1 aromatic carbocycles. The predicted octanol–water partition coefficient (Wildman–Crippen LogP) is 2.82. The molecule has 0 fully saturated rings. The summed E-state index contributed by atoms with van der Waals surface area (Å²) < 4.78 is 5.52. The second-order valence-electron chi connectivity index (χ2n) is 3.03. The normalized spacial score (nSPS) is 9.86. The first-order valence-electron chi connectivity index (χ1n) is 4.94. The van der Waals surface area contributed by atoms with E-state index in [2.05, 4.69) is 24.9 Å². The fourth-order valence-electron chi connectivity index (χ4n) is 1.12. The van der Waals surface area contributed by atoms with Crippen molar-refractivity contribution in [1.82, 2.24) is 0 Å². The van der Waals surface area contributed by atoms with Crippen LogP contribution in [-0.2, 0) is 0 Å². The lowest BCUT2D eigenvalue weighted by molar-refractivity contribution is 0.317. The van der Waals surface area contributed by atoms with Crippen LogP contribution in [0, 0.1) is 0 Å². The molecule has 0 unspecified atom stereocenters. The molecule has 0 heterocycles.